The van der Waals surface area contributed by atoms with E-state index < -0.39 is 5.91 Å². The maximum absolute atomic E-state index is 15.6. The number of nitrogens with one attached hydrogen (secondary N) is 3. The summed E-state index contributed by atoms with van der Waals surface area (Å²) < 4.78 is 20.8. The summed E-state index contributed by atoms with van der Waals surface area (Å²) in [6.07, 6.45) is 5.53. The van der Waals surface area contributed by atoms with E-state index in [4.69, 9.17) is 4.52 Å². The zero-order valence-corrected chi connectivity index (χ0v) is 35.8. The largest absolute Gasteiger partial charge is 0.372 e. The lowest BCUT2D eigenvalue weighted by atomic mass is 9.95. The average molecular weight is 845 g/mol. The second kappa shape index (κ2) is 17.8. The molecule has 0 spiro atoms. The smallest absolute Gasteiger partial charge is 0.328 e. The molecule has 324 valence electrons. The monoisotopic (exact) mass is 844 g/mol. The normalized spacial score (nSPS) is 17.2. The Morgan fingerprint density at radius 1 is 0.903 bits per heavy atom. The van der Waals surface area contributed by atoms with Gasteiger partial charge in [0.2, 0.25) is 5.91 Å². The van der Waals surface area contributed by atoms with Gasteiger partial charge in [0.1, 0.15) is 18.0 Å². The molecule has 4 amide bonds. The van der Waals surface area contributed by atoms with Crippen LogP contribution in [0.4, 0.5) is 37.9 Å². The first-order chi connectivity index (χ1) is 29.8. The molecule has 3 fully saturated rings. The van der Waals surface area contributed by atoms with E-state index in [0.717, 1.165) is 86.7 Å². The number of nitrogens with zero attached hydrogens (tertiary/aromatic N) is 9. The molecule has 3 aliphatic rings. The van der Waals surface area contributed by atoms with Crippen LogP contribution < -0.4 is 30.7 Å². The topological polar surface area (TPSA) is 178 Å². The van der Waals surface area contributed by atoms with Gasteiger partial charge in [-0.15, -0.1) is 0 Å². The number of carbonyl (C=O) groups is 3. The predicted molar refractivity (Wildman–Crippen MR) is 234 cm³/mol. The Hall–Kier alpha value is -6.49. The minimum Gasteiger partial charge on any atom is -0.372 e. The van der Waals surface area contributed by atoms with Crippen molar-refractivity contribution in [2.24, 2.45) is 5.92 Å². The molecule has 0 saturated carbocycles. The molecule has 2 aromatic carbocycles. The van der Waals surface area contributed by atoms with E-state index in [-0.39, 0.29) is 35.1 Å². The molecule has 3 saturated heterocycles. The van der Waals surface area contributed by atoms with Gasteiger partial charge in [0.25, 0.3) is 0 Å². The lowest BCUT2D eigenvalue weighted by Crippen LogP contribution is -2.49. The maximum atomic E-state index is 15.6. The highest BCUT2D eigenvalue weighted by Gasteiger charge is 2.28. The van der Waals surface area contributed by atoms with Crippen LogP contribution in [0, 0.1) is 18.7 Å². The number of piperazine rings is 1. The highest BCUT2D eigenvalue weighted by atomic mass is 19.1. The minimum atomic E-state index is -0.439. The molecule has 0 radical (unpaired) electrons. The summed E-state index contributed by atoms with van der Waals surface area (Å²) in [4.78, 5) is 62.8. The van der Waals surface area contributed by atoms with Gasteiger partial charge in [-0.2, -0.15) is 4.98 Å². The molecule has 6 heterocycles. The van der Waals surface area contributed by atoms with Gasteiger partial charge in [-0.05, 0) is 74.1 Å². The number of pyridine rings is 1. The molecule has 8 rings (SSSR count). The van der Waals surface area contributed by atoms with Crippen LogP contribution in [0.15, 0.2) is 71.6 Å². The number of imide groups is 1. The van der Waals surface area contributed by atoms with Crippen molar-refractivity contribution in [2.75, 3.05) is 72.4 Å². The van der Waals surface area contributed by atoms with E-state index in [1.807, 2.05) is 65.0 Å². The van der Waals surface area contributed by atoms with Crippen LogP contribution in [0.2, 0.25) is 0 Å². The van der Waals surface area contributed by atoms with Gasteiger partial charge in [0.05, 0.1) is 23.6 Å². The number of hydrogen-bond donors (Lipinski definition) is 3. The summed E-state index contributed by atoms with van der Waals surface area (Å²) in [5.41, 5.74) is 5.49. The highest BCUT2D eigenvalue weighted by molar-refractivity contribution is 6.05. The summed E-state index contributed by atoms with van der Waals surface area (Å²) in [5.74, 6) is 0.786. The van der Waals surface area contributed by atoms with Gasteiger partial charge in [0, 0.05) is 93.3 Å². The minimum absolute atomic E-state index is 0.0744. The van der Waals surface area contributed by atoms with Gasteiger partial charge in [0.15, 0.2) is 11.6 Å². The zero-order chi connectivity index (χ0) is 43.5. The summed E-state index contributed by atoms with van der Waals surface area (Å²) in [6, 6.07) is 16.4. The van der Waals surface area contributed by atoms with E-state index in [1.165, 1.54) is 12.4 Å². The second-order valence-electron chi connectivity index (χ2n) is 17.4. The Bertz CT molecular complexity index is 2420. The molecule has 62 heavy (non-hydrogen) atoms. The molecule has 0 unspecified atom stereocenters. The molecular weight excluding hydrogens is 792 g/mol. The molecule has 5 aromatic rings. The molecule has 3 N–H and O–H groups in total. The number of hydrogen-bond acceptors (Lipinski definition) is 13. The number of halogens is 1. The van der Waals surface area contributed by atoms with Gasteiger partial charge in [-0.1, -0.05) is 38.1 Å². The second-order valence-corrected chi connectivity index (χ2v) is 17.4. The Morgan fingerprint density at radius 3 is 2.31 bits per heavy atom. The van der Waals surface area contributed by atoms with Crippen molar-refractivity contribution in [3.05, 3.63) is 95.8 Å². The number of carbonyl (C=O) groups excluding carboxylic acids is 3. The SMILES string of the molecule is Cc1cc(-c2cc(Nc3cc(F)c(N4CCN(CC5CCN(c6ccc(N7CCC(=O)NC7=O)cc6)CC5)CC4)cn3)ncn2)ccc1[C@@H](C)NC(=O)c1nc(C(C)(C)C)no1. The summed E-state index contributed by atoms with van der Waals surface area (Å²) in [7, 11) is 0. The fourth-order valence-corrected chi connectivity index (χ4v) is 8.28. The highest BCUT2D eigenvalue weighted by Crippen LogP contribution is 2.30. The van der Waals surface area contributed by atoms with E-state index in [0.29, 0.717) is 47.7 Å². The Labute approximate surface area is 360 Å². The molecule has 17 heteroatoms. The van der Waals surface area contributed by atoms with Crippen molar-refractivity contribution in [1.82, 2.24) is 40.6 Å². The van der Waals surface area contributed by atoms with Crippen LogP contribution in [0.1, 0.15) is 80.6 Å². The average Bonchev–Trinajstić information content (AvgIpc) is 3.77. The first-order valence-electron chi connectivity index (χ1n) is 21.2. The number of rotatable bonds is 11. The standard InChI is InChI=1S/C45H53FN12O4/c1-28-22-31(6-11-34(28)29(2)50-41(60)42-53-43(54-62-42)45(3,4)5)36-24-39(49-27-48-36)51-38-23-35(46)37(25-47-38)57-20-18-55(19-21-57)26-30-12-15-56(16-13-30)32-7-9-33(10-8-32)58-17-14-40(59)52-44(58)61/h6-11,22-25,27,29-30H,12-21,26H2,1-5H3,(H,50,60)(H,52,59,61)(H,47,48,49,51)/t29-/m1/s1. The number of piperidine rings is 1. The van der Waals surface area contributed by atoms with Crippen LogP contribution in [0.3, 0.4) is 0 Å². The summed E-state index contributed by atoms with van der Waals surface area (Å²) in [6.45, 7) is 16.2. The lowest BCUT2D eigenvalue weighted by molar-refractivity contribution is -0.120. The van der Waals surface area contributed by atoms with Gasteiger partial charge >= 0.3 is 17.8 Å². The number of aryl methyl sites for hydroxylation is 1. The predicted octanol–water partition coefficient (Wildman–Crippen LogP) is 6.39. The third kappa shape index (κ3) is 9.67. The van der Waals surface area contributed by atoms with Crippen LogP contribution in [-0.2, 0) is 10.2 Å². The Morgan fingerprint density at radius 2 is 1.63 bits per heavy atom. The number of benzene rings is 2. The van der Waals surface area contributed by atoms with Crippen molar-refractivity contribution in [3.8, 4) is 11.3 Å². The van der Waals surface area contributed by atoms with E-state index in [1.54, 1.807) is 17.2 Å². The van der Waals surface area contributed by atoms with Gasteiger partial charge < -0.3 is 25.0 Å². The molecule has 0 aliphatic carbocycles. The quantitative estimate of drug-likeness (QED) is 0.134. The third-order valence-electron chi connectivity index (χ3n) is 11.9. The van der Waals surface area contributed by atoms with E-state index in [2.05, 4.69) is 67.9 Å². The van der Waals surface area contributed by atoms with Crippen LogP contribution in [-0.4, -0.2) is 100 Å². The maximum Gasteiger partial charge on any atom is 0.328 e. The fourth-order valence-electron chi connectivity index (χ4n) is 8.28. The van der Waals surface area contributed by atoms with Crippen molar-refractivity contribution < 1.29 is 23.3 Å². The van der Waals surface area contributed by atoms with Crippen molar-refractivity contribution >= 4 is 46.5 Å². The van der Waals surface area contributed by atoms with Gasteiger partial charge in [-0.3, -0.25) is 24.7 Å². The summed E-state index contributed by atoms with van der Waals surface area (Å²) in [5, 5.41) is 12.4. The first-order valence-corrected chi connectivity index (χ1v) is 21.2. The van der Waals surface area contributed by atoms with Gasteiger partial charge in [-0.25, -0.2) is 24.1 Å². The third-order valence-corrected chi connectivity index (χ3v) is 11.9. The molecule has 16 nitrogen and oxygen atoms in total. The van der Waals surface area contributed by atoms with Crippen LogP contribution in [0.25, 0.3) is 11.3 Å². The zero-order valence-electron chi connectivity index (χ0n) is 35.8. The molecule has 0 bridgehead atoms. The fraction of sp³-hybridized carbons (Fsp3) is 0.422. The first kappa shape index (κ1) is 42.2. The molecule has 3 aliphatic heterocycles. The number of aromatic nitrogens is 5. The van der Waals surface area contributed by atoms with Crippen LogP contribution >= 0.6 is 0 Å². The number of amides is 4. The number of anilines is 5. The van der Waals surface area contributed by atoms with Crippen molar-refractivity contribution in [3.63, 3.8) is 0 Å². The van der Waals surface area contributed by atoms with E-state index in [9.17, 15) is 14.4 Å². The molecule has 1 atom stereocenters. The Kier molecular flexibility index (Phi) is 12.2. The number of urea groups is 1. The van der Waals surface area contributed by atoms with E-state index >= 15 is 4.39 Å². The molecule has 3 aromatic heterocycles. The lowest BCUT2D eigenvalue weighted by Gasteiger charge is -2.40. The summed E-state index contributed by atoms with van der Waals surface area (Å²) >= 11 is 0. The van der Waals surface area contributed by atoms with Crippen LogP contribution in [0.5, 0.6) is 0 Å². The van der Waals surface area contributed by atoms with Crippen molar-refractivity contribution in [2.45, 2.75) is 65.3 Å². The Balaban J connectivity index is 0.798. The molecular formula is C45H53FN12O4. The van der Waals surface area contributed by atoms with Crippen molar-refractivity contribution in [1.29, 1.82) is 0 Å².